The van der Waals surface area contributed by atoms with Crippen LogP contribution in [0, 0.1) is 5.82 Å². The van der Waals surface area contributed by atoms with Crippen LogP contribution in [-0.2, 0) is 13.1 Å². The van der Waals surface area contributed by atoms with Crippen LogP contribution in [0.25, 0.3) is 17.1 Å². The molecule has 0 bridgehead atoms. The summed E-state index contributed by atoms with van der Waals surface area (Å²) in [5, 5.41) is 28.5. The molecular weight excluding hydrogens is 543 g/mol. The smallest absolute Gasteiger partial charge is 0.385 e. The minimum absolute atomic E-state index is 0.0152. The summed E-state index contributed by atoms with van der Waals surface area (Å²) in [4.78, 5) is 17.3. The van der Waals surface area contributed by atoms with Gasteiger partial charge in [0.05, 0.1) is 17.3 Å². The fraction of sp³-hybridized carbons (Fsp3) is 0.273. The Morgan fingerprint density at radius 1 is 1.05 bits per heavy atom. The fourth-order valence-corrected chi connectivity index (χ4v) is 3.84. The molecule has 2 atom stereocenters. The van der Waals surface area contributed by atoms with E-state index in [0.717, 1.165) is 21.5 Å². The Hall–Kier alpha value is -3.26. The zero-order valence-corrected chi connectivity index (χ0v) is 20.4. The van der Waals surface area contributed by atoms with Crippen LogP contribution in [0.3, 0.4) is 0 Å². The van der Waals surface area contributed by atoms with E-state index in [-0.39, 0.29) is 33.7 Å². The Balaban J connectivity index is 1.78. The highest BCUT2D eigenvalue weighted by Gasteiger charge is 2.39. The van der Waals surface area contributed by atoms with Gasteiger partial charge < -0.3 is 10.2 Å². The van der Waals surface area contributed by atoms with Crippen LogP contribution in [0.1, 0.15) is 24.7 Å². The molecule has 196 valence electrons. The van der Waals surface area contributed by atoms with E-state index in [2.05, 4.69) is 15.2 Å². The second-order valence-electron chi connectivity index (χ2n) is 8.01. The molecule has 2 heterocycles. The van der Waals surface area contributed by atoms with Crippen molar-refractivity contribution in [1.82, 2.24) is 29.1 Å². The zero-order valence-electron chi connectivity index (χ0n) is 18.9. The summed E-state index contributed by atoms with van der Waals surface area (Å²) in [5.74, 6) is -0.772. The van der Waals surface area contributed by atoms with Gasteiger partial charge in [0.15, 0.2) is 23.6 Å². The lowest BCUT2D eigenvalue weighted by Gasteiger charge is -2.15. The quantitative estimate of drug-likeness (QED) is 0.333. The van der Waals surface area contributed by atoms with Gasteiger partial charge in [0, 0.05) is 10.6 Å². The molecule has 2 aromatic carbocycles. The molecule has 37 heavy (non-hydrogen) atoms. The maximum atomic E-state index is 13.5. The molecule has 0 aliphatic rings. The lowest BCUT2D eigenvalue weighted by Crippen LogP contribution is -2.37. The van der Waals surface area contributed by atoms with Crippen LogP contribution in [0.15, 0.2) is 47.3 Å². The van der Waals surface area contributed by atoms with Crippen LogP contribution in [0.5, 0.6) is 0 Å². The van der Waals surface area contributed by atoms with Gasteiger partial charge in [-0.2, -0.15) is 13.2 Å². The Labute approximate surface area is 216 Å². The molecule has 0 saturated carbocycles. The molecule has 0 radical (unpaired) electrons. The number of hydrogen-bond donors (Lipinski definition) is 2. The minimum atomic E-state index is -4.97. The molecule has 2 aromatic heterocycles. The highest BCUT2D eigenvalue weighted by Crippen LogP contribution is 2.26. The molecule has 2 N–H and O–H groups in total. The lowest BCUT2D eigenvalue weighted by atomic mass is 10.2. The molecule has 1 unspecified atom stereocenters. The van der Waals surface area contributed by atoms with Crippen molar-refractivity contribution in [1.29, 1.82) is 0 Å². The van der Waals surface area contributed by atoms with E-state index in [1.165, 1.54) is 37.3 Å². The number of rotatable bonds is 7. The van der Waals surface area contributed by atoms with Gasteiger partial charge >= 0.3 is 11.9 Å². The van der Waals surface area contributed by atoms with Crippen LogP contribution < -0.4 is 5.69 Å². The van der Waals surface area contributed by atoms with Crippen LogP contribution in [0.2, 0.25) is 10.0 Å². The van der Waals surface area contributed by atoms with Gasteiger partial charge in [-0.1, -0.05) is 23.2 Å². The molecular formula is C22H18Cl2F4N6O3. The lowest BCUT2D eigenvalue weighted by molar-refractivity contribution is -0.207. The van der Waals surface area contributed by atoms with E-state index < -0.39 is 43.0 Å². The van der Waals surface area contributed by atoms with E-state index in [1.807, 2.05) is 0 Å². The van der Waals surface area contributed by atoms with E-state index >= 15 is 0 Å². The average molecular weight is 561 g/mol. The molecule has 0 aliphatic carbocycles. The maximum absolute atomic E-state index is 13.5. The van der Waals surface area contributed by atoms with Crippen molar-refractivity contribution in [2.24, 2.45) is 0 Å². The maximum Gasteiger partial charge on any atom is 0.416 e. The van der Waals surface area contributed by atoms with Crippen molar-refractivity contribution >= 4 is 23.2 Å². The molecule has 0 amide bonds. The standard InChI is InChI=1S/C22H18Cl2F4N6O3/c1-11(35)19-29-18(30-34(19)16-7-6-14(25)8-15(16)24)10-33-21(37)32(9-17(36)22(26,27)28)20(31-33)12-2-4-13(23)5-3-12/h2-8,11,17,35-36H,9-10H2,1H3/t11?,17-/m0/s1. The van der Waals surface area contributed by atoms with Crippen molar-refractivity contribution in [3.63, 3.8) is 0 Å². The molecule has 9 nitrogen and oxygen atoms in total. The number of halogens is 6. The van der Waals surface area contributed by atoms with Gasteiger partial charge in [-0.05, 0) is 49.4 Å². The molecule has 4 aromatic rings. The largest absolute Gasteiger partial charge is 0.416 e. The first-order chi connectivity index (χ1) is 17.3. The SMILES string of the molecule is CC(O)c1nc(Cn2nc(-c3ccc(Cl)cc3)n(C[C@H](O)C(F)(F)F)c2=O)nn1-c1ccc(F)cc1Cl. The van der Waals surface area contributed by atoms with Gasteiger partial charge in [0.25, 0.3) is 0 Å². The predicted molar refractivity (Wildman–Crippen MR) is 125 cm³/mol. The van der Waals surface area contributed by atoms with E-state index in [1.54, 1.807) is 0 Å². The van der Waals surface area contributed by atoms with Gasteiger partial charge in [0.2, 0.25) is 0 Å². The van der Waals surface area contributed by atoms with Gasteiger partial charge in [-0.15, -0.1) is 10.2 Å². The van der Waals surface area contributed by atoms with Crippen molar-refractivity contribution in [2.75, 3.05) is 0 Å². The number of aromatic nitrogens is 6. The van der Waals surface area contributed by atoms with Crippen LogP contribution in [0.4, 0.5) is 17.6 Å². The number of aliphatic hydroxyl groups is 2. The second-order valence-corrected chi connectivity index (χ2v) is 8.85. The molecule has 0 aliphatic heterocycles. The summed E-state index contributed by atoms with van der Waals surface area (Å²) < 4.78 is 55.4. The van der Waals surface area contributed by atoms with E-state index in [9.17, 15) is 32.6 Å². The average Bonchev–Trinajstić information content (AvgIpc) is 3.36. The molecule has 0 saturated heterocycles. The number of aliphatic hydroxyl groups excluding tert-OH is 2. The van der Waals surface area contributed by atoms with E-state index in [4.69, 9.17) is 23.2 Å². The third kappa shape index (κ3) is 5.69. The molecule has 0 spiro atoms. The Bertz CT molecular complexity index is 1480. The molecule has 4 rings (SSSR count). The van der Waals surface area contributed by atoms with Crippen molar-refractivity contribution < 1.29 is 27.8 Å². The van der Waals surface area contributed by atoms with Crippen molar-refractivity contribution in [3.8, 4) is 17.1 Å². The summed E-state index contributed by atoms with van der Waals surface area (Å²) in [6, 6.07) is 9.34. The number of alkyl halides is 3. The Kier molecular flexibility index (Phi) is 7.42. The topological polar surface area (TPSA) is 111 Å². The highest BCUT2D eigenvalue weighted by molar-refractivity contribution is 6.32. The van der Waals surface area contributed by atoms with Crippen LogP contribution in [-0.4, -0.2) is 51.6 Å². The summed E-state index contributed by atoms with van der Waals surface area (Å²) in [6.07, 6.45) is -8.95. The third-order valence-corrected chi connectivity index (χ3v) is 5.79. The van der Waals surface area contributed by atoms with Gasteiger partial charge in [-0.3, -0.25) is 4.57 Å². The Morgan fingerprint density at radius 3 is 2.32 bits per heavy atom. The Morgan fingerprint density at radius 2 is 1.73 bits per heavy atom. The van der Waals surface area contributed by atoms with Gasteiger partial charge in [0.1, 0.15) is 18.5 Å². The predicted octanol–water partition coefficient (Wildman–Crippen LogP) is 3.76. The van der Waals surface area contributed by atoms with Crippen LogP contribution >= 0.6 is 23.2 Å². The summed E-state index contributed by atoms with van der Waals surface area (Å²) in [5.41, 5.74) is -0.496. The fourth-order valence-electron chi connectivity index (χ4n) is 3.47. The second kappa shape index (κ2) is 10.2. The summed E-state index contributed by atoms with van der Waals surface area (Å²) in [7, 11) is 0. The molecule has 15 heteroatoms. The zero-order chi connectivity index (χ0) is 27.1. The van der Waals surface area contributed by atoms with E-state index in [0.29, 0.717) is 9.59 Å². The van der Waals surface area contributed by atoms with Crippen molar-refractivity contribution in [2.45, 2.75) is 38.4 Å². The number of hydrogen-bond acceptors (Lipinski definition) is 6. The van der Waals surface area contributed by atoms with Gasteiger partial charge in [-0.25, -0.2) is 23.5 Å². The summed E-state index contributed by atoms with van der Waals surface area (Å²) >= 11 is 12.0. The highest BCUT2D eigenvalue weighted by atomic mass is 35.5. The number of nitrogens with zero attached hydrogens (tertiary/aromatic N) is 6. The minimum Gasteiger partial charge on any atom is -0.385 e. The first-order valence-electron chi connectivity index (χ1n) is 10.6. The normalized spacial score (nSPS) is 13.6. The number of benzene rings is 2. The first-order valence-corrected chi connectivity index (χ1v) is 11.4. The monoisotopic (exact) mass is 560 g/mol. The summed E-state index contributed by atoms with van der Waals surface area (Å²) in [6.45, 7) is -0.105. The third-order valence-electron chi connectivity index (χ3n) is 5.24. The van der Waals surface area contributed by atoms with Crippen molar-refractivity contribution in [3.05, 3.63) is 80.5 Å². The first kappa shape index (κ1) is 26.8. The molecule has 0 fully saturated rings.